The Hall–Kier alpha value is -2.73. The first-order valence-electron chi connectivity index (χ1n) is 7.91. The molecule has 1 aliphatic heterocycles. The van der Waals surface area contributed by atoms with Crippen molar-refractivity contribution >= 4 is 17.3 Å². The molecule has 2 aromatic carbocycles. The van der Waals surface area contributed by atoms with E-state index in [9.17, 15) is 14.9 Å². The smallest absolute Gasteiger partial charge is 0.271 e. The maximum absolute atomic E-state index is 12.5. The summed E-state index contributed by atoms with van der Waals surface area (Å²) in [5.74, 6) is -0.158. The van der Waals surface area contributed by atoms with Gasteiger partial charge in [-0.15, -0.1) is 0 Å². The molecular weight excluding hydrogens is 306 g/mol. The topological polar surface area (TPSA) is 75.5 Å². The van der Waals surface area contributed by atoms with Crippen LogP contribution in [0, 0.1) is 10.1 Å². The van der Waals surface area contributed by atoms with E-state index in [1.165, 1.54) is 23.3 Å². The van der Waals surface area contributed by atoms with E-state index in [1.807, 2.05) is 19.1 Å². The number of amides is 1. The van der Waals surface area contributed by atoms with Gasteiger partial charge in [0.2, 0.25) is 5.91 Å². The highest BCUT2D eigenvalue weighted by Crippen LogP contribution is 2.22. The third kappa shape index (κ3) is 3.44. The minimum atomic E-state index is -0.472. The van der Waals surface area contributed by atoms with Gasteiger partial charge in [0.1, 0.15) is 0 Å². The van der Waals surface area contributed by atoms with Crippen LogP contribution in [-0.2, 0) is 17.8 Å². The maximum atomic E-state index is 12.5. The van der Waals surface area contributed by atoms with Gasteiger partial charge in [-0.2, -0.15) is 0 Å². The monoisotopic (exact) mass is 325 g/mol. The number of hydrogen-bond donors (Lipinski definition) is 1. The summed E-state index contributed by atoms with van der Waals surface area (Å²) in [7, 11) is 0. The van der Waals surface area contributed by atoms with Crippen molar-refractivity contribution in [2.45, 2.75) is 25.9 Å². The molecule has 124 valence electrons. The standard InChI is InChI=1S/C18H19N3O3/c1-13(20-10-9-14-5-2-3-6-15(14)12-20)18(22)19-16-7-4-8-17(11-16)21(23)24/h2-8,11,13H,9-10,12H2,1H3,(H,19,22). The number of anilines is 1. The first-order chi connectivity index (χ1) is 11.5. The number of nitrogens with zero attached hydrogens (tertiary/aromatic N) is 2. The predicted molar refractivity (Wildman–Crippen MR) is 91.7 cm³/mol. The zero-order valence-corrected chi connectivity index (χ0v) is 13.4. The molecule has 1 atom stereocenters. The van der Waals surface area contributed by atoms with Crippen molar-refractivity contribution in [2.75, 3.05) is 11.9 Å². The number of hydrogen-bond acceptors (Lipinski definition) is 4. The number of carbonyl (C=O) groups is 1. The highest BCUT2D eigenvalue weighted by molar-refractivity contribution is 5.94. The van der Waals surface area contributed by atoms with Crippen molar-refractivity contribution in [3.05, 3.63) is 69.8 Å². The van der Waals surface area contributed by atoms with E-state index in [2.05, 4.69) is 22.3 Å². The summed E-state index contributed by atoms with van der Waals surface area (Å²) in [5, 5.41) is 13.6. The van der Waals surface area contributed by atoms with E-state index in [0.29, 0.717) is 5.69 Å². The van der Waals surface area contributed by atoms with Crippen LogP contribution in [0.1, 0.15) is 18.1 Å². The molecule has 3 rings (SSSR count). The Bertz CT molecular complexity index is 776. The largest absolute Gasteiger partial charge is 0.324 e. The molecule has 0 aromatic heterocycles. The number of non-ortho nitro benzene ring substituents is 1. The van der Waals surface area contributed by atoms with Crippen LogP contribution in [0.5, 0.6) is 0 Å². The molecule has 0 spiro atoms. The van der Waals surface area contributed by atoms with E-state index in [1.54, 1.807) is 12.1 Å². The van der Waals surface area contributed by atoms with E-state index < -0.39 is 4.92 Å². The predicted octanol–water partition coefficient (Wildman–Crippen LogP) is 2.98. The summed E-state index contributed by atoms with van der Waals surface area (Å²) in [6.45, 7) is 3.42. The number of benzene rings is 2. The third-order valence-electron chi connectivity index (χ3n) is 4.41. The Labute approximate surface area is 140 Å². The van der Waals surface area contributed by atoms with Gasteiger partial charge in [-0.05, 0) is 30.5 Å². The Balaban J connectivity index is 1.67. The molecule has 24 heavy (non-hydrogen) atoms. The van der Waals surface area contributed by atoms with Crippen molar-refractivity contribution < 1.29 is 9.72 Å². The Morgan fingerprint density at radius 3 is 2.71 bits per heavy atom. The second kappa shape index (κ2) is 6.80. The highest BCUT2D eigenvalue weighted by atomic mass is 16.6. The van der Waals surface area contributed by atoms with Gasteiger partial charge < -0.3 is 5.32 Å². The van der Waals surface area contributed by atoms with Gasteiger partial charge in [-0.3, -0.25) is 19.8 Å². The molecule has 1 N–H and O–H groups in total. The molecule has 2 aromatic rings. The lowest BCUT2D eigenvalue weighted by Crippen LogP contribution is -2.44. The average molecular weight is 325 g/mol. The van der Waals surface area contributed by atoms with E-state index in [0.717, 1.165) is 19.5 Å². The first kappa shape index (κ1) is 16.1. The van der Waals surface area contributed by atoms with Crippen molar-refractivity contribution in [2.24, 2.45) is 0 Å². The van der Waals surface area contributed by atoms with Crippen LogP contribution in [-0.4, -0.2) is 28.3 Å². The Morgan fingerprint density at radius 1 is 1.21 bits per heavy atom. The summed E-state index contributed by atoms with van der Waals surface area (Å²) in [6.07, 6.45) is 0.921. The summed E-state index contributed by atoms with van der Waals surface area (Å²) in [6, 6.07) is 13.9. The van der Waals surface area contributed by atoms with Gasteiger partial charge >= 0.3 is 0 Å². The molecule has 6 nitrogen and oxygen atoms in total. The van der Waals surface area contributed by atoms with Crippen LogP contribution in [0.3, 0.4) is 0 Å². The summed E-state index contributed by atoms with van der Waals surface area (Å²) in [4.78, 5) is 25.0. The van der Waals surface area contributed by atoms with E-state index >= 15 is 0 Å². The fraction of sp³-hybridized carbons (Fsp3) is 0.278. The van der Waals surface area contributed by atoms with Crippen LogP contribution in [0.15, 0.2) is 48.5 Å². The lowest BCUT2D eigenvalue weighted by atomic mass is 9.99. The number of rotatable bonds is 4. The molecule has 0 saturated carbocycles. The number of nitrogens with one attached hydrogen (secondary N) is 1. The van der Waals surface area contributed by atoms with Gasteiger partial charge in [0.05, 0.1) is 11.0 Å². The van der Waals surface area contributed by atoms with Crippen molar-refractivity contribution in [1.29, 1.82) is 0 Å². The van der Waals surface area contributed by atoms with Crippen LogP contribution < -0.4 is 5.32 Å². The fourth-order valence-corrected chi connectivity index (χ4v) is 2.96. The maximum Gasteiger partial charge on any atom is 0.271 e. The van der Waals surface area contributed by atoms with Crippen molar-refractivity contribution in [3.63, 3.8) is 0 Å². The van der Waals surface area contributed by atoms with Crippen LogP contribution in [0.2, 0.25) is 0 Å². The number of nitro benzene ring substituents is 1. The zero-order chi connectivity index (χ0) is 17.1. The lowest BCUT2D eigenvalue weighted by Gasteiger charge is -2.32. The average Bonchev–Trinajstić information content (AvgIpc) is 2.60. The summed E-state index contributed by atoms with van der Waals surface area (Å²) in [5.41, 5.74) is 2.99. The van der Waals surface area contributed by atoms with E-state index in [4.69, 9.17) is 0 Å². The lowest BCUT2D eigenvalue weighted by molar-refractivity contribution is -0.384. The minimum absolute atomic E-state index is 0.0349. The van der Waals surface area contributed by atoms with Gasteiger partial charge in [0.25, 0.3) is 5.69 Å². The third-order valence-corrected chi connectivity index (χ3v) is 4.41. The molecule has 0 bridgehead atoms. The molecule has 1 aliphatic rings. The van der Waals surface area contributed by atoms with Crippen LogP contribution >= 0.6 is 0 Å². The quantitative estimate of drug-likeness (QED) is 0.692. The molecule has 6 heteroatoms. The molecular formula is C18H19N3O3. The van der Waals surface area contributed by atoms with Crippen molar-refractivity contribution in [1.82, 2.24) is 4.90 Å². The van der Waals surface area contributed by atoms with E-state index in [-0.39, 0.29) is 17.6 Å². The van der Waals surface area contributed by atoms with Gasteiger partial charge in [-0.1, -0.05) is 30.3 Å². The molecule has 1 amide bonds. The number of fused-ring (bicyclic) bond motifs is 1. The summed E-state index contributed by atoms with van der Waals surface area (Å²) < 4.78 is 0. The van der Waals surface area contributed by atoms with Gasteiger partial charge in [0, 0.05) is 30.9 Å². The molecule has 0 saturated heterocycles. The number of nitro groups is 1. The minimum Gasteiger partial charge on any atom is -0.324 e. The summed E-state index contributed by atoms with van der Waals surface area (Å²) >= 11 is 0. The van der Waals surface area contributed by atoms with Gasteiger partial charge in [-0.25, -0.2) is 0 Å². The van der Waals surface area contributed by atoms with Crippen LogP contribution in [0.4, 0.5) is 11.4 Å². The fourth-order valence-electron chi connectivity index (χ4n) is 2.96. The SMILES string of the molecule is CC(C(=O)Nc1cccc([N+](=O)[O-])c1)N1CCc2ccccc2C1. The van der Waals surface area contributed by atoms with Gasteiger partial charge in [0.15, 0.2) is 0 Å². The molecule has 0 radical (unpaired) electrons. The highest BCUT2D eigenvalue weighted by Gasteiger charge is 2.25. The molecule has 0 aliphatic carbocycles. The molecule has 1 unspecified atom stereocenters. The Morgan fingerprint density at radius 2 is 1.96 bits per heavy atom. The zero-order valence-electron chi connectivity index (χ0n) is 13.4. The Kier molecular flexibility index (Phi) is 4.57. The van der Waals surface area contributed by atoms with Crippen LogP contribution in [0.25, 0.3) is 0 Å². The second-order valence-corrected chi connectivity index (χ2v) is 5.96. The second-order valence-electron chi connectivity index (χ2n) is 5.96. The first-order valence-corrected chi connectivity index (χ1v) is 7.91. The van der Waals surface area contributed by atoms with Crippen molar-refractivity contribution in [3.8, 4) is 0 Å². The molecule has 1 heterocycles. The number of carbonyl (C=O) groups excluding carboxylic acids is 1. The molecule has 0 fully saturated rings. The normalized spacial score (nSPS) is 15.4.